The van der Waals surface area contributed by atoms with Crippen molar-refractivity contribution < 1.29 is 19.8 Å². The minimum absolute atomic E-state index is 0.0195. The summed E-state index contributed by atoms with van der Waals surface area (Å²) in [6.45, 7) is 8.11. The van der Waals surface area contributed by atoms with Gasteiger partial charge in [-0.2, -0.15) is 0 Å². The summed E-state index contributed by atoms with van der Waals surface area (Å²) < 4.78 is 0. The molecule has 0 aliphatic carbocycles. The van der Waals surface area contributed by atoms with Crippen molar-refractivity contribution in [1.82, 2.24) is 0 Å². The molecule has 0 saturated carbocycles. The van der Waals surface area contributed by atoms with Crippen LogP contribution in [0.1, 0.15) is 143 Å². The van der Waals surface area contributed by atoms with Gasteiger partial charge in [0, 0.05) is 12.8 Å². The van der Waals surface area contributed by atoms with E-state index in [2.05, 4.69) is 13.8 Å². The van der Waals surface area contributed by atoms with Crippen LogP contribution in [0.3, 0.4) is 0 Å². The second-order valence-corrected chi connectivity index (χ2v) is 8.52. The van der Waals surface area contributed by atoms with Gasteiger partial charge in [0.1, 0.15) is 12.2 Å². The molecule has 30 heavy (non-hydrogen) atoms. The molecule has 0 aromatic heterocycles. The quantitative estimate of drug-likeness (QED) is 0.206. The zero-order valence-corrected chi connectivity index (χ0v) is 20.6. The SMILES string of the molecule is CCCCCCCCCC(=O)[C@@H](O)CC.CCCCCCCCCC(=O)[C@H](O)CC. The number of carbonyl (C=O) groups is 2. The molecular weight excluding hydrogens is 376 g/mol. The first-order valence-corrected chi connectivity index (χ1v) is 12.9. The van der Waals surface area contributed by atoms with Gasteiger partial charge >= 0.3 is 0 Å². The van der Waals surface area contributed by atoms with E-state index in [0.29, 0.717) is 25.7 Å². The van der Waals surface area contributed by atoms with Crippen molar-refractivity contribution in [1.29, 1.82) is 0 Å². The molecule has 0 amide bonds. The van der Waals surface area contributed by atoms with Crippen molar-refractivity contribution >= 4 is 11.6 Å². The lowest BCUT2D eigenvalue weighted by Gasteiger charge is -2.05. The largest absolute Gasteiger partial charge is 0.385 e. The smallest absolute Gasteiger partial charge is 0.161 e. The molecule has 0 heterocycles. The molecule has 0 aliphatic rings. The summed E-state index contributed by atoms with van der Waals surface area (Å²) in [5.74, 6) is 0.0390. The molecule has 0 fully saturated rings. The number of rotatable bonds is 20. The number of ketones is 2. The maximum atomic E-state index is 11.3. The second kappa shape index (κ2) is 24.5. The van der Waals surface area contributed by atoms with E-state index in [0.717, 1.165) is 25.7 Å². The molecule has 4 heteroatoms. The highest BCUT2D eigenvalue weighted by molar-refractivity contribution is 5.82. The molecular formula is C26H52O4. The van der Waals surface area contributed by atoms with E-state index in [-0.39, 0.29) is 11.6 Å². The van der Waals surface area contributed by atoms with Crippen LogP contribution in [0.15, 0.2) is 0 Å². The third-order valence-corrected chi connectivity index (χ3v) is 5.57. The molecule has 0 aliphatic heterocycles. The standard InChI is InChI=1S/2C13H26O2/c2*1-3-5-6-7-8-9-10-11-13(15)12(14)4-2/h2*12,14H,3-11H2,1-2H3/t2*12-/m10/s1. The van der Waals surface area contributed by atoms with Crippen LogP contribution in [0.25, 0.3) is 0 Å². The highest BCUT2D eigenvalue weighted by Crippen LogP contribution is 2.10. The van der Waals surface area contributed by atoms with Gasteiger partial charge in [-0.3, -0.25) is 9.59 Å². The lowest BCUT2D eigenvalue weighted by molar-refractivity contribution is -0.127. The Bertz CT molecular complexity index is 345. The van der Waals surface area contributed by atoms with Crippen molar-refractivity contribution in [3.8, 4) is 0 Å². The van der Waals surface area contributed by atoms with Crippen LogP contribution in [0.2, 0.25) is 0 Å². The van der Waals surface area contributed by atoms with Crippen molar-refractivity contribution in [3.05, 3.63) is 0 Å². The van der Waals surface area contributed by atoms with Crippen LogP contribution < -0.4 is 0 Å². The van der Waals surface area contributed by atoms with Crippen LogP contribution in [0.5, 0.6) is 0 Å². The van der Waals surface area contributed by atoms with Gasteiger partial charge in [-0.15, -0.1) is 0 Å². The molecule has 0 spiro atoms. The minimum atomic E-state index is -0.718. The summed E-state index contributed by atoms with van der Waals surface area (Å²) in [4.78, 5) is 22.5. The molecule has 0 aromatic carbocycles. The Hall–Kier alpha value is -0.740. The topological polar surface area (TPSA) is 74.6 Å². The first-order chi connectivity index (χ1) is 14.4. The molecule has 0 unspecified atom stereocenters. The van der Waals surface area contributed by atoms with Crippen LogP contribution >= 0.6 is 0 Å². The Labute approximate surface area is 187 Å². The van der Waals surface area contributed by atoms with Gasteiger partial charge < -0.3 is 10.2 Å². The molecule has 0 rings (SSSR count). The monoisotopic (exact) mass is 428 g/mol. The molecule has 2 atom stereocenters. The number of hydrogen-bond donors (Lipinski definition) is 2. The summed E-state index contributed by atoms with van der Waals surface area (Å²) in [5.41, 5.74) is 0. The predicted molar refractivity (Wildman–Crippen MR) is 128 cm³/mol. The van der Waals surface area contributed by atoms with Crippen molar-refractivity contribution in [3.63, 3.8) is 0 Å². The summed E-state index contributed by atoms with van der Waals surface area (Å²) >= 11 is 0. The second-order valence-electron chi connectivity index (χ2n) is 8.52. The van der Waals surface area contributed by atoms with Crippen LogP contribution in [0.4, 0.5) is 0 Å². The van der Waals surface area contributed by atoms with Gasteiger partial charge in [-0.1, -0.05) is 105 Å². The Morgan fingerprint density at radius 1 is 0.500 bits per heavy atom. The first-order valence-electron chi connectivity index (χ1n) is 12.9. The molecule has 0 bridgehead atoms. The van der Waals surface area contributed by atoms with Gasteiger partial charge in [0.05, 0.1) is 0 Å². The Morgan fingerprint density at radius 2 is 0.767 bits per heavy atom. The number of carbonyl (C=O) groups excluding carboxylic acids is 2. The summed E-state index contributed by atoms with van der Waals surface area (Å²) in [6, 6.07) is 0. The van der Waals surface area contributed by atoms with E-state index in [9.17, 15) is 19.8 Å². The first kappa shape index (κ1) is 31.4. The number of Topliss-reactive ketones (excluding diaryl/α,β-unsaturated/α-hetero) is 2. The Balaban J connectivity index is 0. The lowest BCUT2D eigenvalue weighted by Crippen LogP contribution is -2.18. The van der Waals surface area contributed by atoms with E-state index in [1.54, 1.807) is 0 Å². The van der Waals surface area contributed by atoms with Crippen molar-refractivity contribution in [2.24, 2.45) is 0 Å². The molecule has 0 radical (unpaired) electrons. The summed E-state index contributed by atoms with van der Waals surface area (Å²) in [6.07, 6.45) is 17.8. The molecule has 2 N–H and O–H groups in total. The summed E-state index contributed by atoms with van der Waals surface area (Å²) in [5, 5.41) is 18.5. The lowest BCUT2D eigenvalue weighted by atomic mass is 10.0. The van der Waals surface area contributed by atoms with Gasteiger partial charge in [-0.05, 0) is 25.7 Å². The van der Waals surface area contributed by atoms with Crippen molar-refractivity contribution in [2.45, 2.75) is 155 Å². The van der Waals surface area contributed by atoms with Gasteiger partial charge in [0.25, 0.3) is 0 Å². The molecule has 4 nitrogen and oxygen atoms in total. The van der Waals surface area contributed by atoms with E-state index in [4.69, 9.17) is 0 Å². The molecule has 180 valence electrons. The zero-order chi connectivity index (χ0) is 23.0. The predicted octanol–water partition coefficient (Wildman–Crippen LogP) is 6.93. The minimum Gasteiger partial charge on any atom is -0.385 e. The normalized spacial score (nSPS) is 12.7. The van der Waals surface area contributed by atoms with Crippen LogP contribution in [-0.2, 0) is 9.59 Å². The fourth-order valence-electron chi connectivity index (χ4n) is 3.30. The third kappa shape index (κ3) is 22.0. The van der Waals surface area contributed by atoms with E-state index >= 15 is 0 Å². The molecule has 0 saturated heterocycles. The number of unbranched alkanes of at least 4 members (excludes halogenated alkanes) is 12. The van der Waals surface area contributed by atoms with Crippen LogP contribution in [0, 0.1) is 0 Å². The Morgan fingerprint density at radius 3 is 1.03 bits per heavy atom. The third-order valence-electron chi connectivity index (χ3n) is 5.57. The van der Waals surface area contributed by atoms with E-state index < -0.39 is 12.2 Å². The van der Waals surface area contributed by atoms with Crippen molar-refractivity contribution in [2.75, 3.05) is 0 Å². The zero-order valence-electron chi connectivity index (χ0n) is 20.6. The van der Waals surface area contributed by atoms with E-state index in [1.165, 1.54) is 64.2 Å². The van der Waals surface area contributed by atoms with E-state index in [1.807, 2.05) is 13.8 Å². The maximum Gasteiger partial charge on any atom is 0.161 e. The van der Waals surface area contributed by atoms with Gasteiger partial charge in [0.15, 0.2) is 11.6 Å². The Kier molecular flexibility index (Phi) is 25.7. The van der Waals surface area contributed by atoms with Gasteiger partial charge in [-0.25, -0.2) is 0 Å². The fourth-order valence-corrected chi connectivity index (χ4v) is 3.30. The molecule has 0 aromatic rings. The highest BCUT2D eigenvalue weighted by atomic mass is 16.3. The van der Waals surface area contributed by atoms with Crippen LogP contribution in [-0.4, -0.2) is 34.0 Å². The maximum absolute atomic E-state index is 11.3. The number of hydrogen-bond acceptors (Lipinski definition) is 4. The highest BCUT2D eigenvalue weighted by Gasteiger charge is 2.11. The van der Waals surface area contributed by atoms with Gasteiger partial charge in [0.2, 0.25) is 0 Å². The summed E-state index contributed by atoms with van der Waals surface area (Å²) in [7, 11) is 0. The average Bonchev–Trinajstić information content (AvgIpc) is 2.76. The number of aliphatic hydroxyl groups excluding tert-OH is 2. The fraction of sp³-hybridized carbons (Fsp3) is 0.923. The average molecular weight is 429 g/mol. The number of aliphatic hydroxyl groups is 2.